The number of benzene rings is 1. The smallest absolute Gasteiger partial charge is 0.304 e. The summed E-state index contributed by atoms with van der Waals surface area (Å²) < 4.78 is 19.5. The number of carbonyl (C=O) groups is 2. The third kappa shape index (κ3) is 5.82. The van der Waals surface area contributed by atoms with Crippen LogP contribution >= 0.6 is 11.3 Å². The van der Waals surface area contributed by atoms with Crippen molar-refractivity contribution in [2.45, 2.75) is 57.4 Å². The molecule has 5 rings (SSSR count). The Hall–Kier alpha value is -3.33. The predicted molar refractivity (Wildman–Crippen MR) is 140 cm³/mol. The molecule has 194 valence electrons. The van der Waals surface area contributed by atoms with Crippen molar-refractivity contribution in [3.63, 3.8) is 0 Å². The highest BCUT2D eigenvalue weighted by molar-refractivity contribution is 7.14. The molecule has 0 radical (unpaired) electrons. The Kier molecular flexibility index (Phi) is 7.50. The zero-order chi connectivity index (χ0) is 25.9. The Morgan fingerprint density at radius 1 is 1.16 bits per heavy atom. The van der Waals surface area contributed by atoms with E-state index in [0.717, 1.165) is 49.7 Å². The SMILES string of the molecule is COc1ccc(-c2ccc(F)cc2-c2csc(N(C(=O)C(CC(=O)O)CC3CCCC3)C3CC3)n2)cn1. The lowest BCUT2D eigenvalue weighted by Gasteiger charge is -2.26. The number of carboxylic acid groups (broad SMARTS) is 1. The van der Waals surface area contributed by atoms with Crippen molar-refractivity contribution in [2.75, 3.05) is 12.0 Å². The molecule has 2 aliphatic rings. The fourth-order valence-electron chi connectivity index (χ4n) is 5.23. The Labute approximate surface area is 219 Å². The zero-order valence-electron chi connectivity index (χ0n) is 20.7. The number of pyridine rings is 1. The molecule has 3 aromatic rings. The van der Waals surface area contributed by atoms with Crippen molar-refractivity contribution in [3.05, 3.63) is 47.7 Å². The monoisotopic (exact) mass is 523 g/mol. The summed E-state index contributed by atoms with van der Waals surface area (Å²) in [5.41, 5.74) is 2.72. The average Bonchev–Trinajstić information content (AvgIpc) is 3.36. The van der Waals surface area contributed by atoms with Gasteiger partial charge in [0, 0.05) is 40.7 Å². The summed E-state index contributed by atoms with van der Waals surface area (Å²) in [5, 5.41) is 11.9. The number of hydrogen-bond acceptors (Lipinski definition) is 6. The molecule has 2 aliphatic carbocycles. The van der Waals surface area contributed by atoms with E-state index >= 15 is 0 Å². The molecule has 0 spiro atoms. The number of ether oxygens (including phenoxy) is 1. The van der Waals surface area contributed by atoms with Crippen LogP contribution in [0.25, 0.3) is 22.4 Å². The van der Waals surface area contributed by atoms with Gasteiger partial charge in [0.25, 0.3) is 0 Å². The number of anilines is 1. The lowest BCUT2D eigenvalue weighted by Crippen LogP contribution is -2.39. The quantitative estimate of drug-likeness (QED) is 0.341. The number of rotatable bonds is 10. The molecular weight excluding hydrogens is 493 g/mol. The van der Waals surface area contributed by atoms with Gasteiger partial charge < -0.3 is 9.84 Å². The number of amides is 1. The van der Waals surface area contributed by atoms with Crippen molar-refractivity contribution < 1.29 is 23.8 Å². The molecule has 2 heterocycles. The van der Waals surface area contributed by atoms with Crippen LogP contribution in [-0.4, -0.2) is 40.1 Å². The predicted octanol–water partition coefficient (Wildman–Crippen LogP) is 6.19. The van der Waals surface area contributed by atoms with E-state index in [-0.39, 0.29) is 24.2 Å². The largest absolute Gasteiger partial charge is 0.481 e. The number of thiazole rings is 1. The minimum absolute atomic E-state index is 0.0316. The number of nitrogens with zero attached hydrogens (tertiary/aromatic N) is 3. The highest BCUT2D eigenvalue weighted by atomic mass is 32.1. The van der Waals surface area contributed by atoms with E-state index in [1.807, 2.05) is 11.4 Å². The summed E-state index contributed by atoms with van der Waals surface area (Å²) in [6, 6.07) is 8.17. The molecule has 2 fully saturated rings. The summed E-state index contributed by atoms with van der Waals surface area (Å²) in [5.74, 6) is -1.18. The molecule has 7 nitrogen and oxygen atoms in total. The van der Waals surface area contributed by atoms with E-state index in [4.69, 9.17) is 9.72 Å². The summed E-state index contributed by atoms with van der Waals surface area (Å²) in [7, 11) is 1.55. The highest BCUT2D eigenvalue weighted by Crippen LogP contribution is 2.41. The van der Waals surface area contributed by atoms with Gasteiger partial charge in [-0.25, -0.2) is 14.4 Å². The fraction of sp³-hybridized carbons (Fsp3) is 0.429. The van der Waals surface area contributed by atoms with Crippen LogP contribution in [0, 0.1) is 17.7 Å². The van der Waals surface area contributed by atoms with E-state index in [1.165, 1.54) is 23.5 Å². The minimum atomic E-state index is -0.954. The molecule has 9 heteroatoms. The van der Waals surface area contributed by atoms with E-state index in [9.17, 15) is 19.1 Å². The van der Waals surface area contributed by atoms with Gasteiger partial charge in [0.05, 0.1) is 19.2 Å². The lowest BCUT2D eigenvalue weighted by atomic mass is 9.90. The Morgan fingerprint density at radius 3 is 2.59 bits per heavy atom. The molecular formula is C28H30FN3O4S. The first-order chi connectivity index (χ1) is 17.9. The molecule has 2 saturated carbocycles. The van der Waals surface area contributed by atoms with Gasteiger partial charge in [-0.1, -0.05) is 31.7 Å². The molecule has 0 bridgehead atoms. The van der Waals surface area contributed by atoms with Crippen molar-refractivity contribution in [3.8, 4) is 28.3 Å². The number of aliphatic carboxylic acids is 1. The van der Waals surface area contributed by atoms with Gasteiger partial charge in [-0.2, -0.15) is 0 Å². The number of halogens is 1. The summed E-state index contributed by atoms with van der Waals surface area (Å²) in [4.78, 5) is 36.1. The first-order valence-electron chi connectivity index (χ1n) is 12.7. The number of aromatic nitrogens is 2. The molecule has 1 aromatic carbocycles. The van der Waals surface area contributed by atoms with E-state index in [1.54, 1.807) is 30.3 Å². The third-order valence-corrected chi connectivity index (χ3v) is 8.06. The second kappa shape index (κ2) is 11.0. The number of carbonyl (C=O) groups excluding carboxylic acids is 1. The fourth-order valence-corrected chi connectivity index (χ4v) is 6.13. The van der Waals surface area contributed by atoms with Crippen molar-refractivity contribution in [1.29, 1.82) is 0 Å². The van der Waals surface area contributed by atoms with E-state index in [2.05, 4.69) is 4.98 Å². The van der Waals surface area contributed by atoms with Crippen molar-refractivity contribution >= 4 is 28.3 Å². The Bertz CT molecular complexity index is 1270. The van der Waals surface area contributed by atoms with Crippen LogP contribution in [0.15, 0.2) is 41.9 Å². The maximum absolute atomic E-state index is 14.3. The van der Waals surface area contributed by atoms with Crippen LogP contribution in [-0.2, 0) is 9.59 Å². The molecule has 1 atom stereocenters. The maximum atomic E-state index is 14.3. The Balaban J connectivity index is 1.45. The third-order valence-electron chi connectivity index (χ3n) is 7.22. The average molecular weight is 524 g/mol. The van der Waals surface area contributed by atoms with E-state index in [0.29, 0.717) is 34.6 Å². The standard InChI is InChI=1S/C28H30FN3O4S/c1-36-25-11-6-18(15-30-25)22-10-7-20(29)14-23(22)24-16-37-28(31-24)32(21-8-9-21)27(35)19(13-26(33)34)12-17-4-2-3-5-17/h6-7,10-11,14-17,19,21H,2-5,8-9,12-13H2,1H3,(H,33,34). The number of methoxy groups -OCH3 is 1. The molecule has 1 unspecified atom stereocenters. The van der Waals surface area contributed by atoms with Crippen LogP contribution in [0.3, 0.4) is 0 Å². The highest BCUT2D eigenvalue weighted by Gasteiger charge is 2.40. The summed E-state index contributed by atoms with van der Waals surface area (Å²) >= 11 is 1.33. The van der Waals surface area contributed by atoms with Crippen molar-refractivity contribution in [1.82, 2.24) is 9.97 Å². The van der Waals surface area contributed by atoms with Crippen LogP contribution in [0.5, 0.6) is 5.88 Å². The van der Waals surface area contributed by atoms with Crippen molar-refractivity contribution in [2.24, 2.45) is 11.8 Å². The maximum Gasteiger partial charge on any atom is 0.304 e. The number of carboxylic acids is 1. The summed E-state index contributed by atoms with van der Waals surface area (Å²) in [6.07, 6.45) is 8.22. The van der Waals surface area contributed by atoms with Gasteiger partial charge in [-0.05, 0) is 48.9 Å². The van der Waals surface area contributed by atoms with E-state index < -0.39 is 11.9 Å². The van der Waals surface area contributed by atoms with Gasteiger partial charge >= 0.3 is 5.97 Å². The van der Waals surface area contributed by atoms with Crippen LogP contribution < -0.4 is 9.64 Å². The first kappa shape index (κ1) is 25.3. The second-order valence-corrected chi connectivity index (χ2v) is 10.8. The van der Waals surface area contributed by atoms with Crippen LogP contribution in [0.2, 0.25) is 0 Å². The number of hydrogen-bond donors (Lipinski definition) is 1. The van der Waals surface area contributed by atoms with Crippen LogP contribution in [0.4, 0.5) is 9.52 Å². The molecule has 37 heavy (non-hydrogen) atoms. The normalized spacial score (nSPS) is 16.5. The van der Waals surface area contributed by atoms with Crippen LogP contribution in [0.1, 0.15) is 51.4 Å². The molecule has 1 N–H and O–H groups in total. The lowest BCUT2D eigenvalue weighted by molar-refractivity contribution is -0.141. The first-order valence-corrected chi connectivity index (χ1v) is 13.6. The molecule has 1 amide bonds. The molecule has 2 aromatic heterocycles. The second-order valence-electron chi connectivity index (χ2n) is 9.91. The van der Waals surface area contributed by atoms with Gasteiger partial charge in [0.1, 0.15) is 5.82 Å². The molecule has 0 saturated heterocycles. The Morgan fingerprint density at radius 2 is 1.95 bits per heavy atom. The zero-order valence-corrected chi connectivity index (χ0v) is 21.5. The van der Waals surface area contributed by atoms with Gasteiger partial charge in [0.2, 0.25) is 11.8 Å². The van der Waals surface area contributed by atoms with Gasteiger partial charge in [-0.3, -0.25) is 14.5 Å². The molecule has 0 aliphatic heterocycles. The van der Waals surface area contributed by atoms with Gasteiger partial charge in [-0.15, -0.1) is 11.3 Å². The van der Waals surface area contributed by atoms with Gasteiger partial charge in [0.15, 0.2) is 5.13 Å². The summed E-state index contributed by atoms with van der Waals surface area (Å²) in [6.45, 7) is 0. The minimum Gasteiger partial charge on any atom is -0.481 e. The topological polar surface area (TPSA) is 92.6 Å².